The maximum atomic E-state index is 11.2. The molecule has 0 radical (unpaired) electrons. The summed E-state index contributed by atoms with van der Waals surface area (Å²) in [7, 11) is 1.98. The molecule has 18 heavy (non-hydrogen) atoms. The summed E-state index contributed by atoms with van der Waals surface area (Å²) in [5.74, 6) is 5.20. The molecule has 1 fully saturated rings. The van der Waals surface area contributed by atoms with Gasteiger partial charge in [-0.15, -0.1) is 0 Å². The fourth-order valence-electron chi connectivity index (χ4n) is 2.03. The number of hydrazine groups is 1. The first-order chi connectivity index (χ1) is 8.69. The van der Waals surface area contributed by atoms with Crippen molar-refractivity contribution in [1.82, 2.24) is 15.5 Å². The summed E-state index contributed by atoms with van der Waals surface area (Å²) in [5, 5.41) is 3.65. The van der Waals surface area contributed by atoms with Gasteiger partial charge in [0, 0.05) is 19.2 Å². The summed E-state index contributed by atoms with van der Waals surface area (Å²) < 4.78 is 10.6. The van der Waals surface area contributed by atoms with Crippen LogP contribution >= 0.6 is 0 Å². The van der Waals surface area contributed by atoms with E-state index in [0.29, 0.717) is 18.4 Å². The van der Waals surface area contributed by atoms with E-state index in [1.54, 1.807) is 6.07 Å². The molecular weight excluding hydrogens is 236 g/mol. The molecule has 1 aromatic heterocycles. The van der Waals surface area contributed by atoms with Crippen LogP contribution in [0, 0.1) is 0 Å². The van der Waals surface area contributed by atoms with Crippen molar-refractivity contribution in [1.29, 1.82) is 0 Å². The van der Waals surface area contributed by atoms with Crippen LogP contribution < -0.4 is 11.3 Å². The standard InChI is InChI=1S/C11H18N4O3/c1-15(6-8-3-2-4-17-8)7-9-5-10(14-18-9)11(16)13-12/h5,8H,2-4,6-7,12H2,1H3,(H,13,16). The second kappa shape index (κ2) is 5.94. The largest absolute Gasteiger partial charge is 0.377 e. The minimum atomic E-state index is -0.452. The number of amides is 1. The second-order valence-electron chi connectivity index (χ2n) is 4.48. The Balaban J connectivity index is 1.84. The zero-order valence-electron chi connectivity index (χ0n) is 10.4. The number of carbonyl (C=O) groups is 1. The third-order valence-corrected chi connectivity index (χ3v) is 2.89. The van der Waals surface area contributed by atoms with E-state index in [1.807, 2.05) is 12.5 Å². The van der Waals surface area contributed by atoms with Crippen LogP contribution in [0.25, 0.3) is 0 Å². The van der Waals surface area contributed by atoms with E-state index in [1.165, 1.54) is 0 Å². The molecule has 0 aliphatic carbocycles. The normalized spacial score (nSPS) is 19.4. The van der Waals surface area contributed by atoms with Crippen LogP contribution in [0.4, 0.5) is 0 Å². The van der Waals surface area contributed by atoms with Crippen LogP contribution in [-0.2, 0) is 11.3 Å². The first-order valence-corrected chi connectivity index (χ1v) is 5.95. The van der Waals surface area contributed by atoms with Crippen molar-refractivity contribution in [2.75, 3.05) is 20.2 Å². The van der Waals surface area contributed by atoms with Crippen LogP contribution in [-0.4, -0.2) is 42.3 Å². The van der Waals surface area contributed by atoms with Crippen LogP contribution in [0.2, 0.25) is 0 Å². The van der Waals surface area contributed by atoms with Gasteiger partial charge in [-0.25, -0.2) is 5.84 Å². The number of nitrogens with two attached hydrogens (primary N) is 1. The highest BCUT2D eigenvalue weighted by Gasteiger charge is 2.18. The lowest BCUT2D eigenvalue weighted by Crippen LogP contribution is -2.30. The average Bonchev–Trinajstić information content (AvgIpc) is 2.99. The Bertz CT molecular complexity index is 401. The number of rotatable bonds is 5. The average molecular weight is 254 g/mol. The fraction of sp³-hybridized carbons (Fsp3) is 0.636. The summed E-state index contributed by atoms with van der Waals surface area (Å²) in [6.07, 6.45) is 2.52. The molecule has 7 nitrogen and oxygen atoms in total. The Morgan fingerprint density at radius 2 is 2.56 bits per heavy atom. The molecule has 2 rings (SSSR count). The molecule has 1 atom stereocenters. The summed E-state index contributed by atoms with van der Waals surface area (Å²) in [6, 6.07) is 1.59. The van der Waals surface area contributed by atoms with Gasteiger partial charge in [0.15, 0.2) is 11.5 Å². The second-order valence-corrected chi connectivity index (χ2v) is 4.48. The van der Waals surface area contributed by atoms with Crippen LogP contribution in [0.5, 0.6) is 0 Å². The van der Waals surface area contributed by atoms with E-state index < -0.39 is 5.91 Å². The third kappa shape index (κ3) is 3.28. The number of nitrogen functional groups attached to an aromatic ring is 1. The molecule has 1 aliphatic rings. The van der Waals surface area contributed by atoms with Crippen LogP contribution in [0.3, 0.4) is 0 Å². The lowest BCUT2D eigenvalue weighted by Gasteiger charge is -2.18. The van der Waals surface area contributed by atoms with Gasteiger partial charge in [0.25, 0.3) is 5.91 Å². The number of hydrogen-bond donors (Lipinski definition) is 2. The quantitative estimate of drug-likeness (QED) is 0.432. The van der Waals surface area contributed by atoms with E-state index in [4.69, 9.17) is 15.1 Å². The molecule has 1 saturated heterocycles. The van der Waals surface area contributed by atoms with Crippen molar-refractivity contribution in [2.45, 2.75) is 25.5 Å². The van der Waals surface area contributed by atoms with Gasteiger partial charge in [-0.3, -0.25) is 15.1 Å². The molecule has 1 amide bonds. The summed E-state index contributed by atoms with van der Waals surface area (Å²) in [4.78, 5) is 13.3. The zero-order chi connectivity index (χ0) is 13.0. The highest BCUT2D eigenvalue weighted by molar-refractivity contribution is 5.91. The highest BCUT2D eigenvalue weighted by atomic mass is 16.5. The maximum absolute atomic E-state index is 11.2. The molecule has 0 spiro atoms. The van der Waals surface area contributed by atoms with Gasteiger partial charge in [0.05, 0.1) is 12.6 Å². The summed E-state index contributed by atoms with van der Waals surface area (Å²) in [5.41, 5.74) is 2.20. The molecule has 0 saturated carbocycles. The summed E-state index contributed by atoms with van der Waals surface area (Å²) in [6.45, 7) is 2.28. The van der Waals surface area contributed by atoms with Gasteiger partial charge < -0.3 is 9.26 Å². The predicted molar refractivity (Wildman–Crippen MR) is 63.5 cm³/mol. The molecule has 0 aromatic carbocycles. The minimum Gasteiger partial charge on any atom is -0.377 e. The van der Waals surface area contributed by atoms with Crippen molar-refractivity contribution in [2.24, 2.45) is 5.84 Å². The number of aromatic nitrogens is 1. The third-order valence-electron chi connectivity index (χ3n) is 2.89. The first-order valence-electron chi connectivity index (χ1n) is 5.95. The highest BCUT2D eigenvalue weighted by Crippen LogP contribution is 2.14. The zero-order valence-corrected chi connectivity index (χ0v) is 10.4. The Hall–Kier alpha value is -1.44. The van der Waals surface area contributed by atoms with Gasteiger partial charge in [0.2, 0.25) is 0 Å². The lowest BCUT2D eigenvalue weighted by molar-refractivity contribution is 0.0768. The van der Waals surface area contributed by atoms with E-state index in [2.05, 4.69) is 10.1 Å². The number of hydrogen-bond acceptors (Lipinski definition) is 6. The predicted octanol–water partition coefficient (Wildman–Crippen LogP) is -0.111. The number of nitrogens with zero attached hydrogens (tertiary/aromatic N) is 2. The maximum Gasteiger partial charge on any atom is 0.287 e. The SMILES string of the molecule is CN(Cc1cc(C(=O)NN)no1)CC1CCCO1. The van der Waals surface area contributed by atoms with Crippen molar-refractivity contribution in [3.8, 4) is 0 Å². The lowest BCUT2D eigenvalue weighted by atomic mass is 10.2. The molecule has 7 heteroatoms. The monoisotopic (exact) mass is 254 g/mol. The van der Waals surface area contributed by atoms with Crippen LogP contribution in [0.15, 0.2) is 10.6 Å². The van der Waals surface area contributed by atoms with Gasteiger partial charge >= 0.3 is 0 Å². The Morgan fingerprint density at radius 3 is 3.22 bits per heavy atom. The Morgan fingerprint density at radius 1 is 1.72 bits per heavy atom. The fourth-order valence-corrected chi connectivity index (χ4v) is 2.03. The van der Waals surface area contributed by atoms with Crippen molar-refractivity contribution < 1.29 is 14.1 Å². The van der Waals surface area contributed by atoms with E-state index >= 15 is 0 Å². The Labute approximate surface area is 105 Å². The van der Waals surface area contributed by atoms with Crippen molar-refractivity contribution >= 4 is 5.91 Å². The molecule has 1 aliphatic heterocycles. The first kappa shape index (κ1) is 13.0. The van der Waals surface area contributed by atoms with E-state index in [9.17, 15) is 4.79 Å². The van der Waals surface area contributed by atoms with Crippen molar-refractivity contribution in [3.05, 3.63) is 17.5 Å². The van der Waals surface area contributed by atoms with Gasteiger partial charge in [-0.1, -0.05) is 5.16 Å². The Kier molecular flexibility index (Phi) is 4.29. The minimum absolute atomic E-state index is 0.193. The van der Waals surface area contributed by atoms with Gasteiger partial charge in [0.1, 0.15) is 0 Å². The number of carbonyl (C=O) groups excluding carboxylic acids is 1. The topological polar surface area (TPSA) is 93.6 Å². The number of likely N-dealkylation sites (N-methyl/N-ethyl adjacent to an activating group) is 1. The van der Waals surface area contributed by atoms with Crippen molar-refractivity contribution in [3.63, 3.8) is 0 Å². The van der Waals surface area contributed by atoms with Gasteiger partial charge in [-0.2, -0.15) is 0 Å². The number of ether oxygens (including phenoxy) is 1. The molecule has 100 valence electrons. The molecule has 0 bridgehead atoms. The van der Waals surface area contributed by atoms with E-state index in [-0.39, 0.29) is 5.69 Å². The smallest absolute Gasteiger partial charge is 0.287 e. The molecule has 1 aromatic rings. The van der Waals surface area contributed by atoms with Crippen LogP contribution in [0.1, 0.15) is 29.1 Å². The molecular formula is C11H18N4O3. The van der Waals surface area contributed by atoms with Gasteiger partial charge in [-0.05, 0) is 19.9 Å². The summed E-state index contributed by atoms with van der Waals surface area (Å²) >= 11 is 0. The van der Waals surface area contributed by atoms with E-state index in [0.717, 1.165) is 26.0 Å². The molecule has 2 heterocycles. The molecule has 1 unspecified atom stereocenters. The molecule has 3 N–H and O–H groups in total. The number of nitrogens with one attached hydrogen (secondary N) is 1.